The minimum Gasteiger partial charge on any atom is -0.374 e. The lowest BCUT2D eigenvalue weighted by Gasteiger charge is -2.33. The molecule has 1 N–H and O–H groups in total. The van der Waals surface area contributed by atoms with Crippen LogP contribution in [-0.2, 0) is 21.3 Å². The van der Waals surface area contributed by atoms with Crippen molar-refractivity contribution in [3.8, 4) is 0 Å². The van der Waals surface area contributed by atoms with Crippen molar-refractivity contribution in [1.29, 1.82) is 0 Å². The van der Waals surface area contributed by atoms with Gasteiger partial charge in [-0.2, -0.15) is 0 Å². The Morgan fingerprint density at radius 1 is 1.31 bits per heavy atom. The number of ether oxygens (including phenoxy) is 1. The second-order valence-electron chi connectivity index (χ2n) is 6.87. The number of benzene rings is 2. The molecule has 1 aliphatic heterocycles. The van der Waals surface area contributed by atoms with E-state index >= 15 is 0 Å². The highest BCUT2D eigenvalue weighted by Crippen LogP contribution is 2.29. The fourth-order valence-corrected chi connectivity index (χ4v) is 4.55. The van der Waals surface area contributed by atoms with Gasteiger partial charge in [0.1, 0.15) is 0 Å². The summed E-state index contributed by atoms with van der Waals surface area (Å²) in [5.74, 6) is 0. The Hall–Kier alpha value is -2.04. The lowest BCUT2D eigenvalue weighted by Crippen LogP contribution is -2.47. The van der Waals surface area contributed by atoms with Crippen molar-refractivity contribution in [1.82, 2.24) is 9.62 Å². The summed E-state index contributed by atoms with van der Waals surface area (Å²) in [7, 11) is -3.97. The molecular weight excluding hydrogens is 418 g/mol. The summed E-state index contributed by atoms with van der Waals surface area (Å²) in [5, 5.41) is 11.2. The molecule has 3 rings (SSSR count). The van der Waals surface area contributed by atoms with Crippen LogP contribution in [-0.4, -0.2) is 50.6 Å². The molecule has 1 atom stereocenters. The van der Waals surface area contributed by atoms with Crippen LogP contribution >= 0.6 is 11.6 Å². The zero-order valence-corrected chi connectivity index (χ0v) is 17.4. The van der Waals surface area contributed by atoms with Crippen LogP contribution in [0.15, 0.2) is 47.4 Å². The molecule has 1 aliphatic rings. The fraction of sp³-hybridized carbons (Fsp3) is 0.368. The van der Waals surface area contributed by atoms with Gasteiger partial charge in [-0.15, -0.1) is 0 Å². The molecule has 2 aromatic rings. The van der Waals surface area contributed by atoms with Crippen LogP contribution in [0.1, 0.15) is 11.1 Å². The molecule has 0 spiro atoms. The maximum absolute atomic E-state index is 12.6. The Bertz CT molecular complexity index is 985. The summed E-state index contributed by atoms with van der Waals surface area (Å²) >= 11 is 5.99. The maximum atomic E-state index is 12.6. The fourth-order valence-electron chi connectivity index (χ4n) is 3.16. The lowest BCUT2D eigenvalue weighted by atomic mass is 10.2. The van der Waals surface area contributed by atoms with Crippen LogP contribution in [0, 0.1) is 17.0 Å². The van der Waals surface area contributed by atoms with E-state index in [9.17, 15) is 18.5 Å². The molecule has 1 heterocycles. The minimum atomic E-state index is -3.97. The lowest BCUT2D eigenvalue weighted by molar-refractivity contribution is -0.385. The zero-order valence-electron chi connectivity index (χ0n) is 15.9. The molecule has 2 aromatic carbocycles. The number of morpholine rings is 1. The minimum absolute atomic E-state index is 0.0301. The van der Waals surface area contributed by atoms with E-state index in [2.05, 4.69) is 9.62 Å². The maximum Gasteiger partial charge on any atom is 0.275 e. The van der Waals surface area contributed by atoms with E-state index < -0.39 is 14.9 Å². The summed E-state index contributed by atoms with van der Waals surface area (Å²) in [6.07, 6.45) is -0.321. The molecule has 0 unspecified atom stereocenters. The van der Waals surface area contributed by atoms with Crippen LogP contribution in [0.2, 0.25) is 5.02 Å². The molecule has 0 bridgehead atoms. The van der Waals surface area contributed by atoms with Gasteiger partial charge in [0.25, 0.3) is 5.69 Å². The zero-order chi connectivity index (χ0) is 21.0. The number of nitrogens with one attached hydrogen (secondary N) is 1. The molecule has 1 fully saturated rings. The van der Waals surface area contributed by atoms with Gasteiger partial charge in [-0.3, -0.25) is 15.0 Å². The van der Waals surface area contributed by atoms with E-state index in [-0.39, 0.29) is 33.8 Å². The largest absolute Gasteiger partial charge is 0.374 e. The number of nitrogens with zero attached hydrogens (tertiary/aromatic N) is 2. The van der Waals surface area contributed by atoms with E-state index in [0.717, 1.165) is 19.2 Å². The highest BCUT2D eigenvalue weighted by Gasteiger charge is 2.25. The van der Waals surface area contributed by atoms with Crippen molar-refractivity contribution in [3.05, 3.63) is 68.7 Å². The van der Waals surface area contributed by atoms with Gasteiger partial charge in [-0.1, -0.05) is 41.9 Å². The molecule has 0 saturated carbocycles. The molecule has 0 amide bonds. The molecule has 0 aromatic heterocycles. The third-order valence-electron chi connectivity index (χ3n) is 4.77. The smallest absolute Gasteiger partial charge is 0.275 e. The third kappa shape index (κ3) is 5.52. The van der Waals surface area contributed by atoms with Gasteiger partial charge in [0.2, 0.25) is 10.0 Å². The normalized spacial score (nSPS) is 17.9. The molecule has 156 valence electrons. The Kier molecular flexibility index (Phi) is 6.86. The summed E-state index contributed by atoms with van der Waals surface area (Å²) < 4.78 is 33.4. The number of hydrogen-bond donors (Lipinski definition) is 1. The van der Waals surface area contributed by atoms with Crippen molar-refractivity contribution in [2.45, 2.75) is 24.5 Å². The van der Waals surface area contributed by atoms with Crippen LogP contribution < -0.4 is 4.72 Å². The third-order valence-corrected chi connectivity index (χ3v) is 6.57. The predicted octanol–water partition coefficient (Wildman–Crippen LogP) is 2.74. The standard InChI is InChI=1S/C19H22ClN3O5S/c1-14-18(20)9-17(10-19(14)23(24)25)29(26,27)21-11-16-13-22(7-8-28-16)12-15-5-3-2-4-6-15/h2-6,9-10,16,21H,7-8,11-13H2,1H3/t16-/m0/s1. The topological polar surface area (TPSA) is 102 Å². The van der Waals surface area contributed by atoms with Crippen molar-refractivity contribution in [3.63, 3.8) is 0 Å². The Morgan fingerprint density at radius 2 is 2.03 bits per heavy atom. The monoisotopic (exact) mass is 439 g/mol. The molecule has 0 radical (unpaired) electrons. The van der Waals surface area contributed by atoms with Crippen LogP contribution in [0.4, 0.5) is 5.69 Å². The second-order valence-corrected chi connectivity index (χ2v) is 9.05. The Labute approximate surface area is 174 Å². The number of halogens is 1. The van der Waals surface area contributed by atoms with Crippen molar-refractivity contribution in [2.24, 2.45) is 0 Å². The highest BCUT2D eigenvalue weighted by atomic mass is 35.5. The van der Waals surface area contributed by atoms with Gasteiger partial charge in [-0.25, -0.2) is 13.1 Å². The summed E-state index contributed by atoms with van der Waals surface area (Å²) in [6.45, 7) is 4.13. The molecule has 29 heavy (non-hydrogen) atoms. The number of sulfonamides is 1. The van der Waals surface area contributed by atoms with Gasteiger partial charge in [-0.05, 0) is 18.6 Å². The van der Waals surface area contributed by atoms with E-state index in [4.69, 9.17) is 16.3 Å². The summed E-state index contributed by atoms with van der Waals surface area (Å²) in [5.41, 5.74) is 1.07. The quantitative estimate of drug-likeness (QED) is 0.525. The summed E-state index contributed by atoms with van der Waals surface area (Å²) in [6, 6.07) is 12.2. The number of nitro groups is 1. The number of nitro benzene ring substituents is 1. The second kappa shape index (κ2) is 9.19. The van der Waals surface area contributed by atoms with E-state index in [0.29, 0.717) is 13.2 Å². The Balaban J connectivity index is 1.65. The van der Waals surface area contributed by atoms with Gasteiger partial charge in [0.05, 0.1) is 27.6 Å². The van der Waals surface area contributed by atoms with Crippen molar-refractivity contribution >= 4 is 27.3 Å². The number of rotatable bonds is 7. The predicted molar refractivity (Wildman–Crippen MR) is 109 cm³/mol. The molecule has 1 saturated heterocycles. The highest BCUT2D eigenvalue weighted by molar-refractivity contribution is 7.89. The van der Waals surface area contributed by atoms with Gasteiger partial charge in [0, 0.05) is 37.8 Å². The number of hydrogen-bond acceptors (Lipinski definition) is 6. The van der Waals surface area contributed by atoms with Crippen molar-refractivity contribution < 1.29 is 18.1 Å². The van der Waals surface area contributed by atoms with Gasteiger partial charge >= 0.3 is 0 Å². The molecule has 0 aliphatic carbocycles. The molecular formula is C19H22ClN3O5S. The van der Waals surface area contributed by atoms with E-state index in [1.807, 2.05) is 30.3 Å². The first kappa shape index (κ1) is 21.7. The summed E-state index contributed by atoms with van der Waals surface area (Å²) in [4.78, 5) is 12.5. The van der Waals surface area contributed by atoms with Crippen LogP contribution in [0.25, 0.3) is 0 Å². The van der Waals surface area contributed by atoms with Crippen LogP contribution in [0.5, 0.6) is 0 Å². The van der Waals surface area contributed by atoms with Crippen molar-refractivity contribution in [2.75, 3.05) is 26.2 Å². The first-order chi connectivity index (χ1) is 13.8. The van der Waals surface area contributed by atoms with E-state index in [1.165, 1.54) is 18.6 Å². The molecule has 10 heteroatoms. The average molecular weight is 440 g/mol. The average Bonchev–Trinajstić information content (AvgIpc) is 2.69. The SMILES string of the molecule is Cc1c(Cl)cc(S(=O)(=O)NC[C@H]2CN(Cc3ccccc3)CCO2)cc1[N+](=O)[O-]. The van der Waals surface area contributed by atoms with Gasteiger partial charge in [0.15, 0.2) is 0 Å². The Morgan fingerprint density at radius 3 is 2.72 bits per heavy atom. The first-order valence-corrected chi connectivity index (χ1v) is 10.9. The van der Waals surface area contributed by atoms with E-state index in [1.54, 1.807) is 0 Å². The van der Waals surface area contributed by atoms with Crippen LogP contribution in [0.3, 0.4) is 0 Å². The molecule has 8 nitrogen and oxygen atoms in total. The first-order valence-electron chi connectivity index (χ1n) is 9.08. The van der Waals surface area contributed by atoms with Gasteiger partial charge < -0.3 is 4.74 Å².